The minimum absolute atomic E-state index is 0.393. The highest BCUT2D eigenvalue weighted by Crippen LogP contribution is 2.26. The zero-order valence-electron chi connectivity index (χ0n) is 16.1. The molecule has 14 nitrogen and oxygen atoms in total. The van der Waals surface area contributed by atoms with E-state index in [1.165, 1.54) is 20.4 Å². The number of hydrogen-bond donors (Lipinski definition) is 3. The summed E-state index contributed by atoms with van der Waals surface area (Å²) in [5.74, 6) is -0.0468. The van der Waals surface area contributed by atoms with Crippen LogP contribution in [-0.2, 0) is 0 Å². The summed E-state index contributed by atoms with van der Waals surface area (Å²) < 4.78 is 10.2. The fraction of sp³-hybridized carbons (Fsp3) is 0.118. The molecule has 0 saturated carbocycles. The molecule has 2 aromatic rings. The molecule has 0 heterocycles. The predicted octanol–water partition coefficient (Wildman–Crippen LogP) is 1.50. The highest BCUT2D eigenvalue weighted by atomic mass is 16.6. The Bertz CT molecular complexity index is 1020. The smallest absolute Gasteiger partial charge is 0.353 e. The van der Waals surface area contributed by atoms with E-state index in [0.29, 0.717) is 23.1 Å². The molecule has 0 atom stereocenters. The van der Waals surface area contributed by atoms with Crippen LogP contribution in [0.15, 0.2) is 41.5 Å². The van der Waals surface area contributed by atoms with E-state index in [1.807, 2.05) is 10.9 Å². The van der Waals surface area contributed by atoms with Crippen molar-refractivity contribution in [1.82, 2.24) is 16.3 Å². The van der Waals surface area contributed by atoms with Gasteiger partial charge in [0.25, 0.3) is 17.3 Å². The molecule has 2 rings (SSSR count). The standard InChI is InChI=1S/C17H16N6O8/c1-30-14-4-3-10(5-15(14)31-2)9-18-20-17(25)21-19-16(24)11-6-12(22(26)27)8-13(7-11)23(28)29/h3-9H,1-2H3,(H,19,24)(H2,20,21,25)/b18-9+. The second-order valence-corrected chi connectivity index (χ2v) is 5.64. The van der Waals surface area contributed by atoms with Crippen LogP contribution in [0.5, 0.6) is 11.5 Å². The quantitative estimate of drug-likeness (QED) is 0.333. The zero-order valence-corrected chi connectivity index (χ0v) is 16.1. The molecule has 0 bridgehead atoms. The lowest BCUT2D eigenvalue weighted by molar-refractivity contribution is -0.394. The molecular weight excluding hydrogens is 416 g/mol. The lowest BCUT2D eigenvalue weighted by Crippen LogP contribution is -2.45. The normalized spacial score (nSPS) is 10.3. The average molecular weight is 432 g/mol. The fourth-order valence-corrected chi connectivity index (χ4v) is 2.25. The second-order valence-electron chi connectivity index (χ2n) is 5.64. The maximum atomic E-state index is 12.1. The number of nitrogens with one attached hydrogen (secondary N) is 3. The van der Waals surface area contributed by atoms with Crippen molar-refractivity contribution >= 4 is 29.5 Å². The van der Waals surface area contributed by atoms with Crippen molar-refractivity contribution < 1.29 is 28.9 Å². The van der Waals surface area contributed by atoms with Crippen LogP contribution in [0.2, 0.25) is 0 Å². The number of ether oxygens (including phenoxy) is 2. The first kappa shape index (κ1) is 22.5. The number of carbonyl (C=O) groups excluding carboxylic acids is 2. The second kappa shape index (κ2) is 10.1. The van der Waals surface area contributed by atoms with Gasteiger partial charge in [-0.25, -0.2) is 15.6 Å². The van der Waals surface area contributed by atoms with Crippen LogP contribution in [0, 0.1) is 20.2 Å². The monoisotopic (exact) mass is 432 g/mol. The van der Waals surface area contributed by atoms with Crippen LogP contribution in [-0.4, -0.2) is 42.2 Å². The number of amides is 3. The number of non-ortho nitro benzene ring substituents is 2. The molecule has 2 aromatic carbocycles. The van der Waals surface area contributed by atoms with Gasteiger partial charge in [-0.2, -0.15) is 5.10 Å². The van der Waals surface area contributed by atoms with E-state index in [1.54, 1.807) is 18.2 Å². The third-order valence-electron chi connectivity index (χ3n) is 3.66. The van der Waals surface area contributed by atoms with Crippen LogP contribution in [0.1, 0.15) is 15.9 Å². The molecule has 3 N–H and O–H groups in total. The van der Waals surface area contributed by atoms with Gasteiger partial charge in [-0.1, -0.05) is 0 Å². The van der Waals surface area contributed by atoms with Crippen molar-refractivity contribution in [2.75, 3.05) is 14.2 Å². The number of urea groups is 1. The molecule has 0 aliphatic rings. The highest BCUT2D eigenvalue weighted by Gasteiger charge is 2.20. The molecule has 0 saturated heterocycles. The molecule has 0 aliphatic carbocycles. The maximum Gasteiger partial charge on any atom is 0.353 e. The number of hydrogen-bond acceptors (Lipinski definition) is 9. The average Bonchev–Trinajstić information content (AvgIpc) is 2.76. The number of nitrogens with zero attached hydrogens (tertiary/aromatic N) is 3. The molecule has 0 fully saturated rings. The maximum absolute atomic E-state index is 12.1. The molecule has 0 aromatic heterocycles. The summed E-state index contributed by atoms with van der Waals surface area (Å²) >= 11 is 0. The SMILES string of the molecule is COc1ccc(/C=N/NC(=O)NNC(=O)c2cc([N+](=O)[O-])cc([N+](=O)[O-])c2)cc1OC. The van der Waals surface area contributed by atoms with Gasteiger partial charge in [0, 0.05) is 12.1 Å². The summed E-state index contributed by atoms with van der Waals surface area (Å²) in [5, 5.41) is 25.4. The number of methoxy groups -OCH3 is 2. The van der Waals surface area contributed by atoms with Crippen LogP contribution in [0.25, 0.3) is 0 Å². The van der Waals surface area contributed by atoms with Crippen LogP contribution < -0.4 is 25.8 Å². The van der Waals surface area contributed by atoms with E-state index in [2.05, 4.69) is 10.5 Å². The Morgan fingerprint density at radius 2 is 1.55 bits per heavy atom. The fourth-order valence-electron chi connectivity index (χ4n) is 2.25. The first-order valence-electron chi connectivity index (χ1n) is 8.30. The van der Waals surface area contributed by atoms with Crippen LogP contribution in [0.3, 0.4) is 0 Å². The molecule has 0 aliphatic heterocycles. The number of benzene rings is 2. The number of hydrazone groups is 1. The van der Waals surface area contributed by atoms with Gasteiger partial charge < -0.3 is 9.47 Å². The highest BCUT2D eigenvalue weighted by molar-refractivity contribution is 5.96. The number of carbonyl (C=O) groups is 2. The largest absolute Gasteiger partial charge is 0.493 e. The number of hydrazine groups is 1. The lowest BCUT2D eigenvalue weighted by Gasteiger charge is -2.08. The summed E-state index contributed by atoms with van der Waals surface area (Å²) in [6.45, 7) is 0. The van der Waals surface area contributed by atoms with Gasteiger partial charge in [0.05, 0.1) is 41.9 Å². The minimum Gasteiger partial charge on any atom is -0.493 e. The van der Waals surface area contributed by atoms with Crippen molar-refractivity contribution in [2.45, 2.75) is 0 Å². The van der Waals surface area contributed by atoms with E-state index < -0.39 is 38.7 Å². The van der Waals surface area contributed by atoms with Gasteiger partial charge in [0.15, 0.2) is 11.5 Å². The molecule has 162 valence electrons. The van der Waals surface area contributed by atoms with Gasteiger partial charge in [-0.3, -0.25) is 30.4 Å². The lowest BCUT2D eigenvalue weighted by atomic mass is 10.1. The van der Waals surface area contributed by atoms with Crippen molar-refractivity contribution in [3.63, 3.8) is 0 Å². The van der Waals surface area contributed by atoms with E-state index >= 15 is 0 Å². The summed E-state index contributed by atoms with van der Waals surface area (Å²) in [4.78, 5) is 43.8. The van der Waals surface area contributed by atoms with Crippen molar-refractivity contribution in [1.29, 1.82) is 0 Å². The van der Waals surface area contributed by atoms with E-state index in [4.69, 9.17) is 9.47 Å². The zero-order chi connectivity index (χ0) is 23.0. The van der Waals surface area contributed by atoms with Gasteiger partial charge in [-0.15, -0.1) is 0 Å². The Hall–Kier alpha value is -4.75. The summed E-state index contributed by atoms with van der Waals surface area (Å²) in [6.07, 6.45) is 1.30. The molecule has 0 spiro atoms. The molecular formula is C17H16N6O8. The molecule has 0 radical (unpaired) electrons. The summed E-state index contributed by atoms with van der Waals surface area (Å²) in [7, 11) is 2.95. The number of nitro benzene ring substituents is 2. The Labute approximate surface area is 174 Å². The molecule has 3 amide bonds. The van der Waals surface area contributed by atoms with Crippen molar-refractivity contribution in [3.05, 3.63) is 67.8 Å². The molecule has 0 unspecified atom stereocenters. The minimum atomic E-state index is -1.01. The first-order chi connectivity index (χ1) is 14.7. The first-order valence-corrected chi connectivity index (χ1v) is 8.30. The van der Waals surface area contributed by atoms with Gasteiger partial charge >= 0.3 is 6.03 Å². The third-order valence-corrected chi connectivity index (χ3v) is 3.66. The summed E-state index contributed by atoms with van der Waals surface area (Å²) in [6, 6.07) is 6.33. The Morgan fingerprint density at radius 3 is 2.10 bits per heavy atom. The van der Waals surface area contributed by atoms with E-state index in [0.717, 1.165) is 12.1 Å². The number of rotatable bonds is 7. The van der Waals surface area contributed by atoms with Gasteiger partial charge in [0.2, 0.25) is 0 Å². The Kier molecular flexibility index (Phi) is 7.38. The molecule has 31 heavy (non-hydrogen) atoms. The van der Waals surface area contributed by atoms with Gasteiger partial charge in [0.1, 0.15) is 0 Å². The third kappa shape index (κ3) is 6.11. The van der Waals surface area contributed by atoms with Crippen LogP contribution in [0.4, 0.5) is 16.2 Å². The Morgan fingerprint density at radius 1 is 0.935 bits per heavy atom. The van der Waals surface area contributed by atoms with E-state index in [9.17, 15) is 29.8 Å². The number of nitro groups is 2. The van der Waals surface area contributed by atoms with Crippen LogP contribution >= 0.6 is 0 Å². The van der Waals surface area contributed by atoms with Crippen molar-refractivity contribution in [3.8, 4) is 11.5 Å². The molecule has 14 heteroatoms. The van der Waals surface area contributed by atoms with E-state index in [-0.39, 0.29) is 0 Å². The summed E-state index contributed by atoms with van der Waals surface area (Å²) in [5.41, 5.74) is 4.88. The Balaban J connectivity index is 1.97. The predicted molar refractivity (Wildman–Crippen MR) is 106 cm³/mol. The van der Waals surface area contributed by atoms with Crippen molar-refractivity contribution in [2.24, 2.45) is 5.10 Å². The topological polar surface area (TPSA) is 187 Å². The van der Waals surface area contributed by atoms with Gasteiger partial charge in [-0.05, 0) is 23.8 Å².